The van der Waals surface area contributed by atoms with Gasteiger partial charge in [-0.25, -0.2) is 0 Å². The molecule has 0 saturated heterocycles. The number of ether oxygens (including phenoxy) is 1. The normalized spacial score (nSPS) is 19.0. The van der Waals surface area contributed by atoms with Gasteiger partial charge < -0.3 is 20.6 Å². The van der Waals surface area contributed by atoms with E-state index >= 15 is 0 Å². The molecule has 5 nitrogen and oxygen atoms in total. The van der Waals surface area contributed by atoms with Gasteiger partial charge in [0.2, 0.25) is 0 Å². The second-order valence-corrected chi connectivity index (χ2v) is 8.38. The van der Waals surface area contributed by atoms with Crippen LogP contribution in [0.15, 0.2) is 58.9 Å². The second kappa shape index (κ2) is 11.2. The molecule has 0 unspecified atom stereocenters. The van der Waals surface area contributed by atoms with Crippen molar-refractivity contribution in [1.82, 2.24) is 4.90 Å². The van der Waals surface area contributed by atoms with Gasteiger partial charge in [0.1, 0.15) is 17.3 Å². The Hall–Kier alpha value is -2.02. The number of amidine groups is 1. The minimum atomic E-state index is 0. The zero-order valence-electron chi connectivity index (χ0n) is 17.9. The minimum absolute atomic E-state index is 0. The molecule has 0 bridgehead atoms. The molecular weight excluding hydrogens is 384 g/mol. The molecule has 2 aliphatic heterocycles. The summed E-state index contributed by atoms with van der Waals surface area (Å²) < 4.78 is 10.7. The van der Waals surface area contributed by atoms with Crippen LogP contribution in [-0.4, -0.2) is 34.0 Å². The lowest BCUT2D eigenvalue weighted by molar-refractivity contribution is 0.278. The highest BCUT2D eigenvalue weighted by Gasteiger charge is 2.23. The summed E-state index contributed by atoms with van der Waals surface area (Å²) in [5.74, 6) is 4.12. The highest BCUT2D eigenvalue weighted by Crippen LogP contribution is 2.35. The van der Waals surface area contributed by atoms with Crippen LogP contribution in [0.1, 0.15) is 52.5 Å². The summed E-state index contributed by atoms with van der Waals surface area (Å²) in [5.41, 5.74) is 2.77. The molecule has 0 spiro atoms. The lowest BCUT2D eigenvalue weighted by atomic mass is 9.80. The first-order valence-electron chi connectivity index (χ1n) is 9.94. The first-order valence-corrected chi connectivity index (χ1v) is 10.9. The van der Waals surface area contributed by atoms with E-state index in [0.29, 0.717) is 5.41 Å². The summed E-state index contributed by atoms with van der Waals surface area (Å²) in [4.78, 5) is 2.23. The zero-order chi connectivity index (χ0) is 19.3. The van der Waals surface area contributed by atoms with E-state index in [1.165, 1.54) is 17.6 Å². The molecule has 0 atom stereocenters. The van der Waals surface area contributed by atoms with Crippen LogP contribution in [-0.2, 0) is 0 Å². The summed E-state index contributed by atoms with van der Waals surface area (Å²) >= 11 is 1.64. The monoisotopic (exact) mass is 418 g/mol. The molecule has 0 amide bonds. The Balaban J connectivity index is 0.00000102. The molecule has 0 aromatic heterocycles. The Morgan fingerprint density at radius 1 is 1.10 bits per heavy atom. The molecule has 1 aliphatic carbocycles. The van der Waals surface area contributed by atoms with Crippen LogP contribution < -0.4 is 4.74 Å². The Morgan fingerprint density at radius 2 is 1.83 bits per heavy atom. The number of nitrogens with zero attached hydrogens (tertiary/aromatic N) is 2. The zero-order valence-corrected chi connectivity index (χ0v) is 18.7. The van der Waals surface area contributed by atoms with E-state index in [-0.39, 0.29) is 11.0 Å². The minimum Gasteiger partial charge on any atom is -0.462 e. The summed E-state index contributed by atoms with van der Waals surface area (Å²) in [6, 6.07) is 8.40. The van der Waals surface area contributed by atoms with E-state index < -0.39 is 0 Å². The van der Waals surface area contributed by atoms with E-state index in [1.807, 2.05) is 13.8 Å². The third-order valence-electron chi connectivity index (χ3n) is 4.96. The standard InChI is InChI=1S/C21H24N2OS.C2H6.2H2O/c1-21(2)11-9-18(10-12-21)24-17-7-5-16(6-8-17)19-4-3-13-23-14-15-25-22-20(19)23;1-2;;/h3-9,13H,10-12,14-15H2,1-2H3;1-2H3;2*1H2. The quantitative estimate of drug-likeness (QED) is 0.660. The van der Waals surface area contributed by atoms with Gasteiger partial charge in [-0.1, -0.05) is 39.8 Å². The highest BCUT2D eigenvalue weighted by molar-refractivity contribution is 7.98. The first kappa shape index (κ1) is 25.0. The SMILES string of the molecule is CC.CC1(C)CC=C(Oc2ccc(C3=CC=CN4CCSN=C34)cc2)CC1.O.O. The van der Waals surface area contributed by atoms with Gasteiger partial charge in [0, 0.05) is 30.5 Å². The molecular formula is C23H34N2O3S. The van der Waals surface area contributed by atoms with Crippen molar-refractivity contribution in [3.63, 3.8) is 0 Å². The maximum absolute atomic E-state index is 6.08. The second-order valence-electron chi connectivity index (χ2n) is 7.53. The first-order chi connectivity index (χ1) is 13.1. The van der Waals surface area contributed by atoms with Crippen LogP contribution in [0, 0.1) is 5.41 Å². The number of benzene rings is 1. The predicted octanol–water partition coefficient (Wildman–Crippen LogP) is 4.81. The van der Waals surface area contributed by atoms with Crippen molar-refractivity contribution >= 4 is 23.4 Å². The molecule has 4 N–H and O–H groups in total. The molecule has 160 valence electrons. The topological polar surface area (TPSA) is 87.8 Å². The van der Waals surface area contributed by atoms with Gasteiger partial charge in [0.25, 0.3) is 0 Å². The molecule has 1 aromatic rings. The van der Waals surface area contributed by atoms with E-state index in [2.05, 4.69) is 71.8 Å². The Morgan fingerprint density at radius 3 is 2.48 bits per heavy atom. The molecule has 0 fully saturated rings. The maximum Gasteiger partial charge on any atom is 0.148 e. The van der Waals surface area contributed by atoms with Crippen molar-refractivity contribution < 1.29 is 15.7 Å². The van der Waals surface area contributed by atoms with E-state index in [4.69, 9.17) is 4.74 Å². The number of rotatable bonds is 3. The largest absolute Gasteiger partial charge is 0.462 e. The van der Waals surface area contributed by atoms with Crippen molar-refractivity contribution in [2.45, 2.75) is 47.0 Å². The molecule has 0 radical (unpaired) electrons. The Bertz CT molecular complexity index is 780. The summed E-state index contributed by atoms with van der Waals surface area (Å²) in [5, 5.41) is 0. The number of hydrogen-bond donors (Lipinski definition) is 0. The van der Waals surface area contributed by atoms with Crippen LogP contribution in [0.3, 0.4) is 0 Å². The number of hydrogen-bond acceptors (Lipinski definition) is 4. The van der Waals surface area contributed by atoms with Crippen molar-refractivity contribution in [2.75, 3.05) is 12.3 Å². The Kier molecular flexibility index (Phi) is 9.70. The smallest absolute Gasteiger partial charge is 0.148 e. The van der Waals surface area contributed by atoms with Crippen molar-refractivity contribution in [3.05, 3.63) is 60.0 Å². The van der Waals surface area contributed by atoms with E-state index in [0.717, 1.165) is 42.5 Å². The van der Waals surface area contributed by atoms with Gasteiger partial charge in [-0.05, 0) is 66.1 Å². The van der Waals surface area contributed by atoms with Crippen LogP contribution in [0.4, 0.5) is 0 Å². The van der Waals surface area contributed by atoms with Crippen molar-refractivity contribution in [2.24, 2.45) is 9.81 Å². The average molecular weight is 419 g/mol. The fourth-order valence-electron chi connectivity index (χ4n) is 3.30. The van der Waals surface area contributed by atoms with Gasteiger partial charge >= 0.3 is 0 Å². The molecule has 6 heteroatoms. The molecule has 29 heavy (non-hydrogen) atoms. The van der Waals surface area contributed by atoms with Gasteiger partial charge in [-0.2, -0.15) is 4.40 Å². The summed E-state index contributed by atoms with van der Waals surface area (Å²) in [6.07, 6.45) is 11.9. The van der Waals surface area contributed by atoms with Crippen LogP contribution in [0.25, 0.3) is 5.57 Å². The van der Waals surface area contributed by atoms with Gasteiger partial charge in [-0.3, -0.25) is 0 Å². The van der Waals surface area contributed by atoms with Crippen molar-refractivity contribution in [1.29, 1.82) is 0 Å². The van der Waals surface area contributed by atoms with Crippen LogP contribution in [0.5, 0.6) is 5.75 Å². The number of fused-ring (bicyclic) bond motifs is 1. The van der Waals surface area contributed by atoms with Gasteiger partial charge in [0.05, 0.1) is 0 Å². The Labute approximate surface area is 179 Å². The molecule has 3 aliphatic rings. The van der Waals surface area contributed by atoms with Crippen LogP contribution in [0.2, 0.25) is 0 Å². The van der Waals surface area contributed by atoms with E-state index in [1.54, 1.807) is 11.9 Å². The molecule has 1 aromatic carbocycles. The highest BCUT2D eigenvalue weighted by atomic mass is 32.2. The summed E-state index contributed by atoms with van der Waals surface area (Å²) in [6.45, 7) is 9.65. The average Bonchev–Trinajstić information content (AvgIpc) is 2.71. The third kappa shape index (κ3) is 6.23. The lowest BCUT2D eigenvalue weighted by Crippen LogP contribution is -2.32. The summed E-state index contributed by atoms with van der Waals surface area (Å²) in [7, 11) is 0. The molecule has 2 heterocycles. The third-order valence-corrected chi connectivity index (χ3v) is 5.63. The fourth-order valence-corrected chi connectivity index (χ4v) is 3.99. The van der Waals surface area contributed by atoms with Gasteiger partial charge in [-0.15, -0.1) is 0 Å². The van der Waals surface area contributed by atoms with E-state index in [9.17, 15) is 0 Å². The van der Waals surface area contributed by atoms with Crippen LogP contribution >= 0.6 is 11.9 Å². The molecule has 4 rings (SSSR count). The fraction of sp³-hybridized carbons (Fsp3) is 0.435. The van der Waals surface area contributed by atoms with Crippen molar-refractivity contribution in [3.8, 4) is 5.75 Å². The lowest BCUT2D eigenvalue weighted by Gasteiger charge is -2.29. The molecule has 0 saturated carbocycles. The van der Waals surface area contributed by atoms with Gasteiger partial charge in [0.15, 0.2) is 0 Å². The predicted molar refractivity (Wildman–Crippen MR) is 125 cm³/mol. The maximum atomic E-state index is 6.08. The number of allylic oxidation sites excluding steroid dienone is 4.